The maximum Gasteiger partial charge on any atom is 0.242 e. The smallest absolute Gasteiger partial charge is 0.242 e. The van der Waals surface area contributed by atoms with E-state index in [4.69, 9.17) is 4.52 Å². The third-order valence-electron chi connectivity index (χ3n) is 3.70. The Morgan fingerprint density at radius 2 is 1.65 bits per heavy atom. The van der Waals surface area contributed by atoms with Crippen molar-refractivity contribution >= 4 is 21.4 Å². The molecule has 8 heteroatoms. The van der Waals surface area contributed by atoms with Crippen molar-refractivity contribution in [1.29, 1.82) is 0 Å². The number of carbonyl (C=O) groups excluding carboxylic acids is 1. The Hall–Kier alpha value is -3.00. The Morgan fingerprint density at radius 1 is 1.04 bits per heavy atom. The number of aromatic nitrogens is 2. The lowest BCUT2D eigenvalue weighted by molar-refractivity contribution is -0.115. The molecule has 0 radical (unpaired) electrons. The van der Waals surface area contributed by atoms with Gasteiger partial charge in [-0.25, -0.2) is 8.42 Å². The number of nitrogens with zero attached hydrogens (tertiary/aromatic N) is 3. The van der Waals surface area contributed by atoms with E-state index < -0.39 is 27.3 Å². The van der Waals surface area contributed by atoms with Gasteiger partial charge >= 0.3 is 0 Å². The van der Waals surface area contributed by atoms with Gasteiger partial charge < -0.3 is 9.42 Å². The molecule has 3 aromatic rings. The van der Waals surface area contributed by atoms with E-state index in [1.807, 2.05) is 24.3 Å². The quantitative estimate of drug-likeness (QED) is 0.660. The van der Waals surface area contributed by atoms with Gasteiger partial charge in [-0.1, -0.05) is 53.7 Å². The zero-order valence-electron chi connectivity index (χ0n) is 14.1. The van der Waals surface area contributed by atoms with Crippen LogP contribution in [0.4, 0.5) is 5.69 Å². The van der Waals surface area contributed by atoms with Crippen LogP contribution in [-0.4, -0.2) is 37.3 Å². The van der Waals surface area contributed by atoms with Crippen molar-refractivity contribution in [3.05, 3.63) is 66.6 Å². The zero-order chi connectivity index (χ0) is 18.6. The third-order valence-corrected chi connectivity index (χ3v) is 5.08. The van der Waals surface area contributed by atoms with E-state index >= 15 is 0 Å². The number of hydrogen-bond acceptors (Lipinski definition) is 6. The first-order chi connectivity index (χ1) is 12.4. The van der Waals surface area contributed by atoms with Crippen LogP contribution < -0.4 is 4.90 Å². The maximum atomic E-state index is 12.3. The van der Waals surface area contributed by atoms with Crippen LogP contribution in [0.25, 0.3) is 11.4 Å². The van der Waals surface area contributed by atoms with Crippen LogP contribution in [-0.2, 0) is 20.4 Å². The summed E-state index contributed by atoms with van der Waals surface area (Å²) in [6, 6.07) is 17.9. The molecule has 1 heterocycles. The highest BCUT2D eigenvalue weighted by atomic mass is 32.2. The number of benzene rings is 2. The molecule has 7 nitrogen and oxygen atoms in total. The molecule has 0 spiro atoms. The Kier molecular flexibility index (Phi) is 5.13. The highest BCUT2D eigenvalue weighted by molar-refractivity contribution is 7.91. The van der Waals surface area contributed by atoms with Crippen molar-refractivity contribution in [2.75, 3.05) is 17.7 Å². The fraction of sp³-hybridized carbons (Fsp3) is 0.167. The summed E-state index contributed by atoms with van der Waals surface area (Å²) in [7, 11) is -2.21. The molecule has 0 saturated heterocycles. The second-order valence-electron chi connectivity index (χ2n) is 5.70. The molecule has 0 aliphatic carbocycles. The van der Waals surface area contributed by atoms with Crippen LogP contribution in [0, 0.1) is 0 Å². The van der Waals surface area contributed by atoms with Gasteiger partial charge in [-0.15, -0.1) is 0 Å². The molecule has 3 rings (SSSR count). The second kappa shape index (κ2) is 7.49. The van der Waals surface area contributed by atoms with Crippen LogP contribution in [0.15, 0.2) is 65.2 Å². The Bertz CT molecular complexity index is 986. The van der Waals surface area contributed by atoms with E-state index in [1.165, 1.54) is 11.9 Å². The predicted molar refractivity (Wildman–Crippen MR) is 97.1 cm³/mol. The van der Waals surface area contributed by atoms with Gasteiger partial charge in [0.2, 0.25) is 17.6 Å². The molecule has 26 heavy (non-hydrogen) atoms. The molecule has 1 aromatic heterocycles. The molecule has 1 amide bonds. The minimum absolute atomic E-state index is 0.0426. The minimum atomic E-state index is -3.74. The Morgan fingerprint density at radius 3 is 2.31 bits per heavy atom. The highest BCUT2D eigenvalue weighted by Gasteiger charge is 2.24. The van der Waals surface area contributed by atoms with E-state index in [9.17, 15) is 13.2 Å². The van der Waals surface area contributed by atoms with E-state index in [2.05, 4.69) is 10.1 Å². The van der Waals surface area contributed by atoms with Gasteiger partial charge in [0.15, 0.2) is 9.84 Å². The summed E-state index contributed by atoms with van der Waals surface area (Å²) in [5.74, 6) is -1.38. The zero-order valence-corrected chi connectivity index (χ0v) is 14.9. The summed E-state index contributed by atoms with van der Waals surface area (Å²) in [5, 5.41) is 3.79. The van der Waals surface area contributed by atoms with Crippen molar-refractivity contribution in [1.82, 2.24) is 10.1 Å². The van der Waals surface area contributed by atoms with E-state index in [-0.39, 0.29) is 5.89 Å². The molecular formula is C18H17N3O4S. The van der Waals surface area contributed by atoms with Crippen molar-refractivity contribution < 1.29 is 17.7 Å². The number of carbonyl (C=O) groups is 1. The molecule has 0 saturated carbocycles. The van der Waals surface area contributed by atoms with Gasteiger partial charge in [0.1, 0.15) is 11.5 Å². The fourth-order valence-corrected chi connectivity index (χ4v) is 3.50. The first-order valence-electron chi connectivity index (χ1n) is 7.85. The van der Waals surface area contributed by atoms with Crippen molar-refractivity contribution in [2.45, 2.75) is 5.75 Å². The standard InChI is InChI=1S/C18H17N3O4S/c1-21(15-10-6-3-7-11-15)17(22)13-26(23,24)12-16-19-18(20-25-16)14-8-4-2-5-9-14/h2-11H,12-13H2,1H3. The van der Waals surface area contributed by atoms with Crippen molar-refractivity contribution in [3.63, 3.8) is 0 Å². The summed E-state index contributed by atoms with van der Waals surface area (Å²) >= 11 is 0. The maximum absolute atomic E-state index is 12.3. The summed E-state index contributed by atoms with van der Waals surface area (Å²) in [5.41, 5.74) is 1.34. The molecule has 0 fully saturated rings. The third kappa shape index (κ3) is 4.34. The van der Waals surface area contributed by atoms with E-state index in [1.54, 1.807) is 36.4 Å². The summed E-state index contributed by atoms with van der Waals surface area (Å²) in [6.07, 6.45) is 0. The molecule has 0 unspecified atom stereocenters. The van der Waals surface area contributed by atoms with Crippen LogP contribution in [0.3, 0.4) is 0 Å². The Balaban J connectivity index is 1.68. The lowest BCUT2D eigenvalue weighted by atomic mass is 10.2. The molecule has 0 N–H and O–H groups in total. The van der Waals surface area contributed by atoms with E-state index in [0.29, 0.717) is 11.5 Å². The van der Waals surface area contributed by atoms with Crippen LogP contribution in [0.5, 0.6) is 0 Å². The molecule has 0 aliphatic rings. The van der Waals surface area contributed by atoms with Crippen molar-refractivity contribution in [2.24, 2.45) is 0 Å². The van der Waals surface area contributed by atoms with Gasteiger partial charge in [0.25, 0.3) is 0 Å². The molecule has 0 atom stereocenters. The fourth-order valence-electron chi connectivity index (χ4n) is 2.34. The predicted octanol–water partition coefficient (Wildman–Crippen LogP) is 2.31. The monoisotopic (exact) mass is 371 g/mol. The summed E-state index contributed by atoms with van der Waals surface area (Å²) in [6.45, 7) is 0. The van der Waals surface area contributed by atoms with Crippen LogP contribution >= 0.6 is 0 Å². The van der Waals surface area contributed by atoms with Crippen LogP contribution in [0.1, 0.15) is 5.89 Å². The molecular weight excluding hydrogens is 354 g/mol. The second-order valence-corrected chi connectivity index (χ2v) is 7.76. The topological polar surface area (TPSA) is 93.4 Å². The average Bonchev–Trinajstić information content (AvgIpc) is 3.09. The number of sulfone groups is 1. The van der Waals surface area contributed by atoms with Gasteiger partial charge in [0, 0.05) is 18.3 Å². The summed E-state index contributed by atoms with van der Waals surface area (Å²) < 4.78 is 29.6. The molecule has 0 bridgehead atoms. The largest absolute Gasteiger partial charge is 0.338 e. The normalized spacial score (nSPS) is 11.3. The number of hydrogen-bond donors (Lipinski definition) is 0. The number of amides is 1. The Labute approximate surface area is 151 Å². The molecule has 134 valence electrons. The van der Waals surface area contributed by atoms with Gasteiger partial charge in [-0.3, -0.25) is 4.79 Å². The molecule has 0 aliphatic heterocycles. The first-order valence-corrected chi connectivity index (χ1v) is 9.67. The molecule has 2 aromatic carbocycles. The number of rotatable bonds is 6. The summed E-state index contributed by atoms with van der Waals surface area (Å²) in [4.78, 5) is 17.7. The van der Waals surface area contributed by atoms with Gasteiger partial charge in [-0.05, 0) is 12.1 Å². The first kappa shape index (κ1) is 17.8. The highest BCUT2D eigenvalue weighted by Crippen LogP contribution is 2.17. The minimum Gasteiger partial charge on any atom is -0.338 e. The average molecular weight is 371 g/mol. The lowest BCUT2D eigenvalue weighted by Crippen LogP contribution is -2.32. The van der Waals surface area contributed by atoms with Gasteiger partial charge in [-0.2, -0.15) is 4.98 Å². The number of anilines is 1. The van der Waals surface area contributed by atoms with E-state index in [0.717, 1.165) is 5.56 Å². The van der Waals surface area contributed by atoms with Crippen molar-refractivity contribution in [3.8, 4) is 11.4 Å². The SMILES string of the molecule is CN(C(=O)CS(=O)(=O)Cc1nc(-c2ccccc2)no1)c1ccccc1. The number of para-hydroxylation sites is 1. The lowest BCUT2D eigenvalue weighted by Gasteiger charge is -2.16. The van der Waals surface area contributed by atoms with Gasteiger partial charge in [0.05, 0.1) is 0 Å². The van der Waals surface area contributed by atoms with Crippen LogP contribution in [0.2, 0.25) is 0 Å².